The Bertz CT molecular complexity index is 1120. The maximum Gasteiger partial charge on any atom is 0.416 e. The molecule has 0 aliphatic heterocycles. The number of halogens is 4. The third-order valence-electron chi connectivity index (χ3n) is 4.73. The molecule has 0 spiro atoms. The van der Waals surface area contributed by atoms with Crippen molar-refractivity contribution in [2.75, 3.05) is 0 Å². The van der Waals surface area contributed by atoms with Gasteiger partial charge < -0.3 is 4.52 Å². The summed E-state index contributed by atoms with van der Waals surface area (Å²) < 4.78 is 56.8. The van der Waals surface area contributed by atoms with Crippen molar-refractivity contribution < 1.29 is 22.1 Å². The minimum Gasteiger partial charge on any atom is -0.338 e. The standard InChI is InChI=1S/C23H17F4N3O/c24-19-12-8-16(9-13-19)21(15-4-2-1-3-5-15)28-14-20-29-22(30-31-20)17-6-10-18(11-7-17)23(25,26)27/h1-13,21,28H,14H2. The number of rotatable bonds is 6. The smallest absolute Gasteiger partial charge is 0.338 e. The van der Waals surface area contributed by atoms with Crippen LogP contribution in [-0.2, 0) is 12.7 Å². The minimum absolute atomic E-state index is 0.198. The summed E-state index contributed by atoms with van der Waals surface area (Å²) in [6.45, 7) is 0.213. The zero-order chi connectivity index (χ0) is 21.8. The molecule has 3 aromatic carbocycles. The van der Waals surface area contributed by atoms with E-state index in [9.17, 15) is 17.6 Å². The van der Waals surface area contributed by atoms with E-state index >= 15 is 0 Å². The Hall–Kier alpha value is -3.52. The SMILES string of the molecule is Fc1ccc(C(NCc2nc(-c3ccc(C(F)(F)F)cc3)no2)c2ccccc2)cc1. The molecule has 0 aliphatic carbocycles. The Morgan fingerprint density at radius 2 is 1.48 bits per heavy atom. The maximum absolute atomic E-state index is 13.3. The number of aromatic nitrogens is 2. The van der Waals surface area contributed by atoms with Crippen molar-refractivity contribution in [3.63, 3.8) is 0 Å². The topological polar surface area (TPSA) is 51.0 Å². The van der Waals surface area contributed by atoms with Crippen LogP contribution in [0.1, 0.15) is 28.6 Å². The monoisotopic (exact) mass is 427 g/mol. The molecule has 0 fully saturated rings. The summed E-state index contributed by atoms with van der Waals surface area (Å²) in [6, 6.07) is 20.1. The first-order valence-corrected chi connectivity index (χ1v) is 9.44. The van der Waals surface area contributed by atoms with Crippen LogP contribution in [0, 0.1) is 5.82 Å². The molecular weight excluding hydrogens is 410 g/mol. The van der Waals surface area contributed by atoms with Crippen molar-refractivity contribution in [3.8, 4) is 11.4 Å². The molecule has 158 valence electrons. The van der Waals surface area contributed by atoms with Crippen LogP contribution >= 0.6 is 0 Å². The number of nitrogens with one attached hydrogen (secondary N) is 1. The van der Waals surface area contributed by atoms with E-state index in [1.807, 2.05) is 30.3 Å². The van der Waals surface area contributed by atoms with Gasteiger partial charge in [0.2, 0.25) is 11.7 Å². The minimum atomic E-state index is -4.41. The van der Waals surface area contributed by atoms with Gasteiger partial charge in [0.15, 0.2) is 0 Å². The van der Waals surface area contributed by atoms with E-state index in [0.717, 1.165) is 23.3 Å². The van der Waals surface area contributed by atoms with Crippen LogP contribution < -0.4 is 5.32 Å². The van der Waals surface area contributed by atoms with Crippen molar-refractivity contribution in [2.45, 2.75) is 18.8 Å². The number of alkyl halides is 3. The van der Waals surface area contributed by atoms with E-state index in [-0.39, 0.29) is 30.1 Å². The lowest BCUT2D eigenvalue weighted by Gasteiger charge is -2.19. The third-order valence-corrected chi connectivity index (χ3v) is 4.73. The fourth-order valence-electron chi connectivity index (χ4n) is 3.17. The predicted molar refractivity (Wildman–Crippen MR) is 106 cm³/mol. The summed E-state index contributed by atoms with van der Waals surface area (Å²) in [5, 5.41) is 7.17. The van der Waals surface area contributed by atoms with Crippen molar-refractivity contribution in [1.82, 2.24) is 15.5 Å². The molecule has 0 amide bonds. The quantitative estimate of drug-likeness (QED) is 0.397. The molecule has 31 heavy (non-hydrogen) atoms. The lowest BCUT2D eigenvalue weighted by Crippen LogP contribution is -2.22. The fourth-order valence-corrected chi connectivity index (χ4v) is 3.17. The molecule has 0 saturated carbocycles. The Morgan fingerprint density at radius 3 is 2.13 bits per heavy atom. The second-order valence-corrected chi connectivity index (χ2v) is 6.86. The van der Waals surface area contributed by atoms with Gasteiger partial charge in [-0.3, -0.25) is 5.32 Å². The van der Waals surface area contributed by atoms with Crippen molar-refractivity contribution >= 4 is 0 Å². The van der Waals surface area contributed by atoms with E-state index < -0.39 is 11.7 Å². The molecule has 0 bridgehead atoms. The second kappa shape index (κ2) is 8.69. The first kappa shape index (κ1) is 20.7. The largest absolute Gasteiger partial charge is 0.416 e. The van der Waals surface area contributed by atoms with E-state index in [1.165, 1.54) is 24.3 Å². The Labute approximate surface area is 175 Å². The highest BCUT2D eigenvalue weighted by molar-refractivity contribution is 5.54. The summed E-state index contributed by atoms with van der Waals surface area (Å²) in [4.78, 5) is 4.26. The highest BCUT2D eigenvalue weighted by Gasteiger charge is 2.30. The number of hydrogen-bond acceptors (Lipinski definition) is 4. The van der Waals surface area contributed by atoms with Gasteiger partial charge in [-0.15, -0.1) is 0 Å². The van der Waals surface area contributed by atoms with Gasteiger partial charge in [0.25, 0.3) is 0 Å². The van der Waals surface area contributed by atoms with Gasteiger partial charge in [-0.25, -0.2) is 4.39 Å². The summed E-state index contributed by atoms with van der Waals surface area (Å²) >= 11 is 0. The van der Waals surface area contributed by atoms with Gasteiger partial charge >= 0.3 is 6.18 Å². The third kappa shape index (κ3) is 4.97. The van der Waals surface area contributed by atoms with Crippen LogP contribution in [0.25, 0.3) is 11.4 Å². The van der Waals surface area contributed by atoms with Crippen LogP contribution in [-0.4, -0.2) is 10.1 Å². The Morgan fingerprint density at radius 1 is 0.839 bits per heavy atom. The van der Waals surface area contributed by atoms with E-state index in [1.54, 1.807) is 12.1 Å². The molecule has 0 radical (unpaired) electrons. The lowest BCUT2D eigenvalue weighted by atomic mass is 9.98. The Balaban J connectivity index is 1.51. The molecule has 8 heteroatoms. The molecule has 4 rings (SSSR count). The normalized spacial score (nSPS) is 12.6. The van der Waals surface area contributed by atoms with Crippen molar-refractivity contribution in [3.05, 3.63) is 107 Å². The van der Waals surface area contributed by atoms with Gasteiger partial charge in [-0.1, -0.05) is 59.8 Å². The molecule has 1 aromatic heterocycles. The number of nitrogens with zero attached hydrogens (tertiary/aromatic N) is 2. The van der Waals surface area contributed by atoms with Crippen LogP contribution in [0.3, 0.4) is 0 Å². The average molecular weight is 427 g/mol. The van der Waals surface area contributed by atoms with E-state index in [0.29, 0.717) is 5.56 Å². The number of benzene rings is 3. The Kier molecular flexibility index (Phi) is 5.81. The fraction of sp³-hybridized carbons (Fsp3) is 0.130. The number of hydrogen-bond donors (Lipinski definition) is 1. The van der Waals surface area contributed by atoms with Gasteiger partial charge in [0, 0.05) is 5.56 Å². The highest BCUT2D eigenvalue weighted by Crippen LogP contribution is 2.30. The van der Waals surface area contributed by atoms with Gasteiger partial charge in [-0.05, 0) is 35.4 Å². The van der Waals surface area contributed by atoms with Crippen LogP contribution in [0.2, 0.25) is 0 Å². The van der Waals surface area contributed by atoms with Gasteiger partial charge in [0.05, 0.1) is 18.2 Å². The maximum atomic E-state index is 13.3. The first-order valence-electron chi connectivity index (χ1n) is 9.44. The van der Waals surface area contributed by atoms with Gasteiger partial charge in [0.1, 0.15) is 5.82 Å². The van der Waals surface area contributed by atoms with Gasteiger partial charge in [-0.2, -0.15) is 18.2 Å². The average Bonchev–Trinajstić information content (AvgIpc) is 3.24. The van der Waals surface area contributed by atoms with E-state index in [2.05, 4.69) is 15.5 Å². The summed E-state index contributed by atoms with van der Waals surface area (Å²) in [6.07, 6.45) is -4.41. The molecule has 1 N–H and O–H groups in total. The zero-order valence-corrected chi connectivity index (χ0v) is 16.1. The second-order valence-electron chi connectivity index (χ2n) is 6.86. The summed E-state index contributed by atoms with van der Waals surface area (Å²) in [5.74, 6) is 0.148. The summed E-state index contributed by atoms with van der Waals surface area (Å²) in [5.41, 5.74) is 1.50. The van der Waals surface area contributed by atoms with Crippen LogP contribution in [0.4, 0.5) is 17.6 Å². The van der Waals surface area contributed by atoms with Crippen molar-refractivity contribution in [1.29, 1.82) is 0 Å². The van der Waals surface area contributed by atoms with Crippen LogP contribution in [0.5, 0.6) is 0 Å². The zero-order valence-electron chi connectivity index (χ0n) is 16.1. The molecule has 1 unspecified atom stereocenters. The lowest BCUT2D eigenvalue weighted by molar-refractivity contribution is -0.137. The van der Waals surface area contributed by atoms with E-state index in [4.69, 9.17) is 4.52 Å². The molecule has 0 saturated heterocycles. The van der Waals surface area contributed by atoms with Crippen LogP contribution in [0.15, 0.2) is 83.4 Å². The van der Waals surface area contributed by atoms with Crippen molar-refractivity contribution in [2.24, 2.45) is 0 Å². The molecule has 0 aliphatic rings. The molecular formula is C23H17F4N3O. The molecule has 4 aromatic rings. The molecule has 1 atom stereocenters. The predicted octanol–water partition coefficient (Wildman–Crippen LogP) is 5.77. The highest BCUT2D eigenvalue weighted by atomic mass is 19.4. The summed E-state index contributed by atoms with van der Waals surface area (Å²) in [7, 11) is 0. The molecule has 4 nitrogen and oxygen atoms in total. The molecule has 1 heterocycles. The first-order chi connectivity index (χ1) is 14.9.